The van der Waals surface area contributed by atoms with Gasteiger partial charge >= 0.3 is 0 Å². The van der Waals surface area contributed by atoms with Gasteiger partial charge in [-0.1, -0.05) is 31.2 Å². The SMILES string of the molecule is CCc1ccccc1CN1CCNC(C)C1.Cl. The van der Waals surface area contributed by atoms with Crippen LogP contribution in [-0.2, 0) is 13.0 Å². The molecule has 1 fully saturated rings. The van der Waals surface area contributed by atoms with Gasteiger partial charge in [0.05, 0.1) is 0 Å². The van der Waals surface area contributed by atoms with Gasteiger partial charge in [0, 0.05) is 32.2 Å². The average molecular weight is 255 g/mol. The van der Waals surface area contributed by atoms with Crippen LogP contribution in [0.2, 0.25) is 0 Å². The Hall–Kier alpha value is -0.570. The zero-order chi connectivity index (χ0) is 11.4. The molecule has 1 unspecified atom stereocenters. The largest absolute Gasteiger partial charge is 0.312 e. The molecule has 1 aromatic carbocycles. The van der Waals surface area contributed by atoms with Gasteiger partial charge in [-0.3, -0.25) is 4.90 Å². The van der Waals surface area contributed by atoms with Crippen molar-refractivity contribution in [3.05, 3.63) is 35.4 Å². The molecule has 0 radical (unpaired) electrons. The number of hydrogen-bond acceptors (Lipinski definition) is 2. The zero-order valence-electron chi connectivity index (χ0n) is 10.8. The Morgan fingerprint density at radius 1 is 1.29 bits per heavy atom. The molecular formula is C14H23ClN2. The van der Waals surface area contributed by atoms with Gasteiger partial charge in [0.1, 0.15) is 0 Å². The van der Waals surface area contributed by atoms with Gasteiger partial charge in [-0.25, -0.2) is 0 Å². The third kappa shape index (κ3) is 3.98. The van der Waals surface area contributed by atoms with Gasteiger partial charge in [-0.2, -0.15) is 0 Å². The van der Waals surface area contributed by atoms with Crippen LogP contribution in [0.4, 0.5) is 0 Å². The fourth-order valence-electron chi connectivity index (χ4n) is 2.45. The summed E-state index contributed by atoms with van der Waals surface area (Å²) in [4.78, 5) is 2.55. The van der Waals surface area contributed by atoms with Crippen molar-refractivity contribution >= 4 is 12.4 Å². The Balaban J connectivity index is 0.00000144. The number of aryl methyl sites for hydroxylation is 1. The van der Waals surface area contributed by atoms with Crippen molar-refractivity contribution in [1.82, 2.24) is 10.2 Å². The van der Waals surface area contributed by atoms with Crippen molar-refractivity contribution in [1.29, 1.82) is 0 Å². The summed E-state index contributed by atoms with van der Waals surface area (Å²) >= 11 is 0. The van der Waals surface area contributed by atoms with E-state index in [9.17, 15) is 0 Å². The third-order valence-electron chi connectivity index (χ3n) is 3.35. The minimum absolute atomic E-state index is 0. The first-order valence-corrected chi connectivity index (χ1v) is 6.32. The minimum atomic E-state index is 0. The molecular weight excluding hydrogens is 232 g/mol. The number of benzene rings is 1. The molecule has 0 spiro atoms. The van der Waals surface area contributed by atoms with E-state index in [1.165, 1.54) is 17.7 Å². The van der Waals surface area contributed by atoms with Gasteiger partial charge in [0.2, 0.25) is 0 Å². The van der Waals surface area contributed by atoms with Crippen LogP contribution in [0.5, 0.6) is 0 Å². The first-order valence-electron chi connectivity index (χ1n) is 6.32. The van der Waals surface area contributed by atoms with Crippen LogP contribution in [-0.4, -0.2) is 30.6 Å². The summed E-state index contributed by atoms with van der Waals surface area (Å²) < 4.78 is 0. The highest BCUT2D eigenvalue weighted by Crippen LogP contribution is 2.13. The molecule has 1 atom stereocenters. The van der Waals surface area contributed by atoms with Crippen LogP contribution in [0.15, 0.2) is 24.3 Å². The maximum atomic E-state index is 3.48. The number of hydrogen-bond donors (Lipinski definition) is 1. The van der Waals surface area contributed by atoms with Crippen LogP contribution in [0.25, 0.3) is 0 Å². The molecule has 1 aliphatic heterocycles. The van der Waals surface area contributed by atoms with Crippen molar-refractivity contribution in [2.45, 2.75) is 32.9 Å². The lowest BCUT2D eigenvalue weighted by atomic mass is 10.0. The minimum Gasteiger partial charge on any atom is -0.312 e. The first-order chi connectivity index (χ1) is 7.79. The summed E-state index contributed by atoms with van der Waals surface area (Å²) in [5.74, 6) is 0. The van der Waals surface area contributed by atoms with E-state index in [2.05, 4.69) is 48.3 Å². The Morgan fingerprint density at radius 3 is 2.65 bits per heavy atom. The molecule has 3 heteroatoms. The lowest BCUT2D eigenvalue weighted by Crippen LogP contribution is -2.48. The molecule has 1 aliphatic rings. The summed E-state index contributed by atoms with van der Waals surface area (Å²) in [6.45, 7) is 9.06. The van der Waals surface area contributed by atoms with Crippen molar-refractivity contribution in [3.63, 3.8) is 0 Å². The number of rotatable bonds is 3. The molecule has 17 heavy (non-hydrogen) atoms. The highest BCUT2D eigenvalue weighted by molar-refractivity contribution is 5.85. The topological polar surface area (TPSA) is 15.3 Å². The van der Waals surface area contributed by atoms with Crippen molar-refractivity contribution in [3.8, 4) is 0 Å². The molecule has 96 valence electrons. The van der Waals surface area contributed by atoms with Crippen LogP contribution in [0.1, 0.15) is 25.0 Å². The van der Waals surface area contributed by atoms with Crippen LogP contribution >= 0.6 is 12.4 Å². The monoisotopic (exact) mass is 254 g/mol. The number of halogens is 1. The fourth-order valence-corrected chi connectivity index (χ4v) is 2.45. The summed E-state index contributed by atoms with van der Waals surface area (Å²) in [5, 5.41) is 3.48. The predicted octanol–water partition coefficient (Wildman–Crippen LogP) is 2.46. The molecule has 1 aromatic rings. The van der Waals surface area contributed by atoms with Crippen molar-refractivity contribution in [2.24, 2.45) is 0 Å². The van der Waals surface area contributed by atoms with Crippen LogP contribution in [0, 0.1) is 0 Å². The Labute approximate surface area is 111 Å². The van der Waals surface area contributed by atoms with Gasteiger partial charge < -0.3 is 5.32 Å². The standard InChI is InChI=1S/C14H22N2.ClH/c1-3-13-6-4-5-7-14(13)11-16-9-8-15-12(2)10-16;/h4-7,12,15H,3,8-11H2,1-2H3;1H. The molecule has 0 bridgehead atoms. The maximum Gasteiger partial charge on any atom is 0.0237 e. The number of nitrogens with one attached hydrogen (secondary N) is 1. The second-order valence-electron chi connectivity index (χ2n) is 4.71. The fraction of sp³-hybridized carbons (Fsp3) is 0.571. The third-order valence-corrected chi connectivity index (χ3v) is 3.35. The molecule has 0 amide bonds. The molecule has 0 aromatic heterocycles. The van der Waals surface area contributed by atoms with E-state index >= 15 is 0 Å². The molecule has 1 heterocycles. The quantitative estimate of drug-likeness (QED) is 0.892. The van der Waals surface area contributed by atoms with E-state index in [1.807, 2.05) is 0 Å². The van der Waals surface area contributed by atoms with Gasteiger partial charge in [-0.05, 0) is 24.5 Å². The van der Waals surface area contributed by atoms with E-state index in [1.54, 1.807) is 0 Å². The highest BCUT2D eigenvalue weighted by atomic mass is 35.5. The summed E-state index contributed by atoms with van der Waals surface area (Å²) in [6.07, 6.45) is 1.14. The Kier molecular flexibility index (Phi) is 5.96. The predicted molar refractivity (Wildman–Crippen MR) is 75.8 cm³/mol. The molecule has 0 aliphatic carbocycles. The maximum absolute atomic E-state index is 3.48. The van der Waals surface area contributed by atoms with E-state index in [4.69, 9.17) is 0 Å². The second kappa shape index (κ2) is 7.00. The molecule has 1 N–H and O–H groups in total. The Morgan fingerprint density at radius 2 is 2.00 bits per heavy atom. The lowest BCUT2D eigenvalue weighted by Gasteiger charge is -2.32. The van der Waals surface area contributed by atoms with E-state index < -0.39 is 0 Å². The van der Waals surface area contributed by atoms with E-state index in [0.29, 0.717) is 6.04 Å². The average Bonchev–Trinajstić information content (AvgIpc) is 2.30. The van der Waals surface area contributed by atoms with Crippen LogP contribution in [0.3, 0.4) is 0 Å². The zero-order valence-corrected chi connectivity index (χ0v) is 11.6. The van der Waals surface area contributed by atoms with Crippen LogP contribution < -0.4 is 5.32 Å². The molecule has 0 saturated carbocycles. The second-order valence-corrected chi connectivity index (χ2v) is 4.71. The number of piperazine rings is 1. The lowest BCUT2D eigenvalue weighted by molar-refractivity contribution is 0.199. The summed E-state index contributed by atoms with van der Waals surface area (Å²) in [5.41, 5.74) is 2.99. The molecule has 2 rings (SSSR count). The van der Waals surface area contributed by atoms with Gasteiger partial charge in [0.25, 0.3) is 0 Å². The Bertz CT molecular complexity index is 341. The van der Waals surface area contributed by atoms with Crippen molar-refractivity contribution < 1.29 is 0 Å². The molecule has 2 nitrogen and oxygen atoms in total. The van der Waals surface area contributed by atoms with Gasteiger partial charge in [-0.15, -0.1) is 12.4 Å². The normalized spacial score (nSPS) is 20.9. The van der Waals surface area contributed by atoms with Gasteiger partial charge in [0.15, 0.2) is 0 Å². The number of nitrogens with zero attached hydrogens (tertiary/aromatic N) is 1. The highest BCUT2D eigenvalue weighted by Gasteiger charge is 2.16. The van der Waals surface area contributed by atoms with Crippen molar-refractivity contribution in [2.75, 3.05) is 19.6 Å². The van der Waals surface area contributed by atoms with E-state index in [0.717, 1.165) is 26.1 Å². The smallest absolute Gasteiger partial charge is 0.0237 e. The molecule has 1 saturated heterocycles. The summed E-state index contributed by atoms with van der Waals surface area (Å²) in [6, 6.07) is 9.44. The first kappa shape index (κ1) is 14.5. The van der Waals surface area contributed by atoms with E-state index in [-0.39, 0.29) is 12.4 Å². The summed E-state index contributed by atoms with van der Waals surface area (Å²) in [7, 11) is 0.